The molecule has 0 amide bonds. The summed E-state index contributed by atoms with van der Waals surface area (Å²) < 4.78 is 0. The topological polar surface area (TPSA) is 29.3 Å². The van der Waals surface area contributed by atoms with E-state index in [0.717, 1.165) is 24.1 Å². The van der Waals surface area contributed by atoms with Gasteiger partial charge in [0.1, 0.15) is 0 Å². The second kappa shape index (κ2) is 6.31. The third-order valence-electron chi connectivity index (χ3n) is 4.70. The minimum absolute atomic E-state index is 0.703. The molecule has 0 radical (unpaired) electrons. The molecule has 1 fully saturated rings. The molecule has 0 aromatic heterocycles. The summed E-state index contributed by atoms with van der Waals surface area (Å²) >= 11 is 0. The van der Waals surface area contributed by atoms with Gasteiger partial charge in [-0.3, -0.25) is 0 Å². The van der Waals surface area contributed by atoms with Gasteiger partial charge in [0.2, 0.25) is 0 Å². The van der Waals surface area contributed by atoms with E-state index < -0.39 is 0 Å². The van der Waals surface area contributed by atoms with Crippen LogP contribution in [0.25, 0.3) is 0 Å². The summed E-state index contributed by atoms with van der Waals surface area (Å²) in [4.78, 5) is 2.60. The van der Waals surface area contributed by atoms with Crippen LogP contribution in [-0.4, -0.2) is 12.6 Å². The van der Waals surface area contributed by atoms with E-state index in [-0.39, 0.29) is 0 Å². The van der Waals surface area contributed by atoms with Gasteiger partial charge in [-0.1, -0.05) is 20.8 Å². The van der Waals surface area contributed by atoms with Crippen molar-refractivity contribution in [3.05, 3.63) is 24.3 Å². The molecule has 0 spiro atoms. The van der Waals surface area contributed by atoms with Gasteiger partial charge in [-0.25, -0.2) is 0 Å². The van der Waals surface area contributed by atoms with Gasteiger partial charge in [0, 0.05) is 24.0 Å². The normalized spacial score (nSPS) is 27.2. The molecule has 19 heavy (non-hydrogen) atoms. The van der Waals surface area contributed by atoms with Gasteiger partial charge in [-0.15, -0.1) is 0 Å². The Kier molecular flexibility index (Phi) is 4.73. The number of anilines is 2. The van der Waals surface area contributed by atoms with Crippen LogP contribution in [0.15, 0.2) is 24.3 Å². The van der Waals surface area contributed by atoms with Crippen molar-refractivity contribution in [2.75, 3.05) is 17.2 Å². The fraction of sp³-hybridized carbons (Fsp3) is 0.647. The average molecular weight is 260 g/mol. The fourth-order valence-corrected chi connectivity index (χ4v) is 3.23. The van der Waals surface area contributed by atoms with Crippen LogP contribution in [0.2, 0.25) is 0 Å². The number of rotatable bonds is 4. The van der Waals surface area contributed by atoms with Crippen LogP contribution >= 0.6 is 0 Å². The Hall–Kier alpha value is -1.18. The van der Waals surface area contributed by atoms with Crippen LogP contribution in [0, 0.1) is 11.8 Å². The van der Waals surface area contributed by atoms with Crippen molar-refractivity contribution in [1.82, 2.24) is 0 Å². The van der Waals surface area contributed by atoms with E-state index in [0.29, 0.717) is 6.04 Å². The molecule has 3 atom stereocenters. The van der Waals surface area contributed by atoms with E-state index in [1.54, 1.807) is 0 Å². The van der Waals surface area contributed by atoms with Crippen molar-refractivity contribution >= 4 is 11.4 Å². The second-order valence-corrected chi connectivity index (χ2v) is 6.21. The summed E-state index contributed by atoms with van der Waals surface area (Å²) in [6.07, 6.45) is 5.22. The highest BCUT2D eigenvalue weighted by atomic mass is 15.2. The van der Waals surface area contributed by atoms with Gasteiger partial charge in [0.15, 0.2) is 0 Å². The summed E-state index contributed by atoms with van der Waals surface area (Å²) in [5.74, 6) is 1.72. The number of nitrogens with zero attached hydrogens (tertiary/aromatic N) is 1. The molecule has 1 aromatic carbocycles. The molecule has 106 valence electrons. The Bertz CT molecular complexity index is 385. The Morgan fingerprint density at radius 3 is 2.37 bits per heavy atom. The van der Waals surface area contributed by atoms with Gasteiger partial charge in [-0.2, -0.15) is 0 Å². The molecule has 1 aromatic rings. The van der Waals surface area contributed by atoms with Crippen molar-refractivity contribution in [3.8, 4) is 0 Å². The van der Waals surface area contributed by atoms with E-state index in [2.05, 4.69) is 37.8 Å². The van der Waals surface area contributed by atoms with Crippen LogP contribution in [0.3, 0.4) is 0 Å². The summed E-state index contributed by atoms with van der Waals surface area (Å²) in [5.41, 5.74) is 7.99. The molecule has 0 saturated heterocycles. The summed E-state index contributed by atoms with van der Waals surface area (Å²) in [6, 6.07) is 9.09. The molecule has 0 bridgehead atoms. The molecule has 1 aliphatic rings. The zero-order valence-electron chi connectivity index (χ0n) is 12.6. The van der Waals surface area contributed by atoms with Crippen LogP contribution in [0.4, 0.5) is 11.4 Å². The third kappa shape index (κ3) is 3.43. The van der Waals surface area contributed by atoms with Gasteiger partial charge in [0.25, 0.3) is 0 Å². The van der Waals surface area contributed by atoms with Crippen molar-refractivity contribution < 1.29 is 0 Å². The highest BCUT2D eigenvalue weighted by molar-refractivity contribution is 5.53. The molecule has 2 heteroatoms. The minimum Gasteiger partial charge on any atom is -0.399 e. The standard InChI is InChI=1S/C17H28N2/c1-4-11-19(16-9-6-15(18)7-10-16)17-8-5-13(2)14(3)12-17/h6-7,9-10,13-14,17H,4-5,8,11-12,18H2,1-3H3. The fourth-order valence-electron chi connectivity index (χ4n) is 3.23. The lowest BCUT2D eigenvalue weighted by Gasteiger charge is -2.40. The zero-order chi connectivity index (χ0) is 13.8. The number of hydrogen-bond donors (Lipinski definition) is 1. The van der Waals surface area contributed by atoms with Crippen molar-refractivity contribution in [3.63, 3.8) is 0 Å². The minimum atomic E-state index is 0.703. The average Bonchev–Trinajstić information content (AvgIpc) is 2.41. The van der Waals surface area contributed by atoms with Crippen LogP contribution in [0.5, 0.6) is 0 Å². The third-order valence-corrected chi connectivity index (χ3v) is 4.70. The lowest BCUT2D eigenvalue weighted by atomic mass is 9.78. The smallest absolute Gasteiger partial charge is 0.0370 e. The van der Waals surface area contributed by atoms with Crippen LogP contribution in [-0.2, 0) is 0 Å². The highest BCUT2D eigenvalue weighted by Gasteiger charge is 2.28. The van der Waals surface area contributed by atoms with E-state index in [4.69, 9.17) is 5.73 Å². The van der Waals surface area contributed by atoms with Gasteiger partial charge < -0.3 is 10.6 Å². The van der Waals surface area contributed by atoms with Gasteiger partial charge >= 0.3 is 0 Å². The maximum atomic E-state index is 5.80. The molecular weight excluding hydrogens is 232 g/mol. The Balaban J connectivity index is 2.13. The monoisotopic (exact) mass is 260 g/mol. The first-order valence-corrected chi connectivity index (χ1v) is 7.74. The Morgan fingerprint density at radius 1 is 1.11 bits per heavy atom. The largest absolute Gasteiger partial charge is 0.399 e. The predicted molar refractivity (Wildman–Crippen MR) is 84.5 cm³/mol. The Morgan fingerprint density at radius 2 is 1.79 bits per heavy atom. The second-order valence-electron chi connectivity index (χ2n) is 6.21. The molecule has 1 aliphatic carbocycles. The van der Waals surface area contributed by atoms with Crippen molar-refractivity contribution in [2.45, 2.75) is 52.5 Å². The first-order chi connectivity index (χ1) is 9.11. The summed E-state index contributed by atoms with van der Waals surface area (Å²) in [7, 11) is 0. The number of benzene rings is 1. The number of hydrogen-bond acceptors (Lipinski definition) is 2. The highest BCUT2D eigenvalue weighted by Crippen LogP contribution is 2.34. The maximum absolute atomic E-state index is 5.80. The van der Waals surface area contributed by atoms with Crippen molar-refractivity contribution in [2.24, 2.45) is 11.8 Å². The SMILES string of the molecule is CCCN(c1ccc(N)cc1)C1CCC(C)C(C)C1. The lowest BCUT2D eigenvalue weighted by Crippen LogP contribution is -2.40. The first-order valence-electron chi connectivity index (χ1n) is 7.74. The quantitative estimate of drug-likeness (QED) is 0.817. The first kappa shape index (κ1) is 14.2. The molecule has 0 aliphatic heterocycles. The number of nitrogens with two attached hydrogens (primary N) is 1. The maximum Gasteiger partial charge on any atom is 0.0370 e. The number of nitrogen functional groups attached to an aromatic ring is 1. The van der Waals surface area contributed by atoms with E-state index in [1.807, 2.05) is 12.1 Å². The predicted octanol–water partition coefficient (Wildman–Crippen LogP) is 4.31. The van der Waals surface area contributed by atoms with E-state index in [1.165, 1.54) is 31.4 Å². The summed E-state index contributed by atoms with van der Waals surface area (Å²) in [5, 5.41) is 0. The lowest BCUT2D eigenvalue weighted by molar-refractivity contribution is 0.243. The molecule has 3 unspecified atom stereocenters. The molecule has 0 heterocycles. The molecule has 2 nitrogen and oxygen atoms in total. The van der Waals surface area contributed by atoms with Gasteiger partial charge in [0.05, 0.1) is 0 Å². The molecular formula is C17H28N2. The van der Waals surface area contributed by atoms with E-state index >= 15 is 0 Å². The van der Waals surface area contributed by atoms with Crippen LogP contribution in [0.1, 0.15) is 46.5 Å². The Labute approximate surface area is 118 Å². The zero-order valence-corrected chi connectivity index (χ0v) is 12.6. The van der Waals surface area contributed by atoms with Crippen molar-refractivity contribution in [1.29, 1.82) is 0 Å². The van der Waals surface area contributed by atoms with Crippen LogP contribution < -0.4 is 10.6 Å². The van der Waals surface area contributed by atoms with Gasteiger partial charge in [-0.05, 0) is 61.8 Å². The summed E-state index contributed by atoms with van der Waals surface area (Å²) in [6.45, 7) is 8.22. The van der Waals surface area contributed by atoms with E-state index in [9.17, 15) is 0 Å². The molecule has 1 saturated carbocycles. The molecule has 2 rings (SSSR count). The molecule has 2 N–H and O–H groups in total.